The van der Waals surface area contributed by atoms with Crippen molar-refractivity contribution in [3.8, 4) is 17.9 Å². The number of rotatable bonds is 9. The van der Waals surface area contributed by atoms with Crippen LogP contribution >= 0.6 is 0 Å². The molecule has 0 radical (unpaired) electrons. The van der Waals surface area contributed by atoms with Gasteiger partial charge in [-0.2, -0.15) is 10.5 Å². The highest BCUT2D eigenvalue weighted by atomic mass is 19.1. The molecule has 2 aliphatic heterocycles. The molecule has 2 bridgehead atoms. The van der Waals surface area contributed by atoms with E-state index in [-0.39, 0.29) is 18.0 Å². The molecule has 2 heterocycles. The maximum absolute atomic E-state index is 13.0. The van der Waals surface area contributed by atoms with Gasteiger partial charge >= 0.3 is 0 Å². The zero-order chi connectivity index (χ0) is 20.6. The SMILES string of the molecule is CNC(NC1CC2COCC(C1)N2CCCOc1ccc(F)cc1)C(C#N)C#N. The summed E-state index contributed by atoms with van der Waals surface area (Å²) in [6.07, 6.45) is 2.37. The molecule has 2 saturated heterocycles. The lowest BCUT2D eigenvalue weighted by atomic mass is 9.89. The van der Waals surface area contributed by atoms with Crippen LogP contribution in [0.25, 0.3) is 0 Å². The zero-order valence-corrected chi connectivity index (χ0v) is 16.7. The molecule has 1 aromatic carbocycles. The maximum atomic E-state index is 13.0. The number of ether oxygens (including phenoxy) is 2. The fourth-order valence-corrected chi connectivity index (χ4v) is 4.24. The number of benzene rings is 1. The van der Waals surface area contributed by atoms with E-state index >= 15 is 0 Å². The zero-order valence-electron chi connectivity index (χ0n) is 16.7. The molecule has 156 valence electrons. The number of halogens is 1. The Labute approximate surface area is 171 Å². The van der Waals surface area contributed by atoms with Crippen LogP contribution in [0.2, 0.25) is 0 Å². The average Bonchev–Trinajstić information content (AvgIpc) is 2.72. The summed E-state index contributed by atoms with van der Waals surface area (Å²) in [7, 11) is 1.76. The van der Waals surface area contributed by atoms with Crippen molar-refractivity contribution in [2.75, 3.05) is 33.4 Å². The first-order valence-corrected chi connectivity index (χ1v) is 10.1. The van der Waals surface area contributed by atoms with Gasteiger partial charge < -0.3 is 14.8 Å². The summed E-state index contributed by atoms with van der Waals surface area (Å²) in [5.74, 6) is -0.309. The Hall–Kier alpha value is -2.23. The van der Waals surface area contributed by atoms with E-state index < -0.39 is 5.92 Å². The van der Waals surface area contributed by atoms with Crippen molar-refractivity contribution in [3.63, 3.8) is 0 Å². The van der Waals surface area contributed by atoms with Crippen molar-refractivity contribution >= 4 is 0 Å². The van der Waals surface area contributed by atoms with E-state index in [0.717, 1.165) is 25.8 Å². The molecule has 2 fully saturated rings. The molecule has 0 aromatic heterocycles. The topological polar surface area (TPSA) is 93.3 Å². The van der Waals surface area contributed by atoms with Crippen LogP contribution in [-0.4, -0.2) is 62.6 Å². The van der Waals surface area contributed by atoms with Gasteiger partial charge in [-0.1, -0.05) is 0 Å². The first-order valence-electron chi connectivity index (χ1n) is 10.1. The highest BCUT2D eigenvalue weighted by Gasteiger charge is 2.39. The Morgan fingerprint density at radius 1 is 1.21 bits per heavy atom. The second-order valence-corrected chi connectivity index (χ2v) is 7.58. The molecular formula is C21H28FN5O2. The highest BCUT2D eigenvalue weighted by Crippen LogP contribution is 2.28. The van der Waals surface area contributed by atoms with E-state index in [1.165, 1.54) is 12.1 Å². The van der Waals surface area contributed by atoms with Gasteiger partial charge in [-0.05, 0) is 50.6 Å². The maximum Gasteiger partial charge on any atom is 0.161 e. The number of piperidine rings is 1. The minimum Gasteiger partial charge on any atom is -0.494 e. The van der Waals surface area contributed by atoms with Crippen LogP contribution in [0.1, 0.15) is 19.3 Å². The van der Waals surface area contributed by atoms with E-state index in [9.17, 15) is 4.39 Å². The summed E-state index contributed by atoms with van der Waals surface area (Å²) < 4.78 is 24.4. The van der Waals surface area contributed by atoms with Gasteiger partial charge in [-0.3, -0.25) is 10.2 Å². The molecule has 29 heavy (non-hydrogen) atoms. The molecule has 2 aliphatic rings. The van der Waals surface area contributed by atoms with Gasteiger partial charge in [0.25, 0.3) is 0 Å². The number of nitrogens with zero attached hydrogens (tertiary/aromatic N) is 3. The second-order valence-electron chi connectivity index (χ2n) is 7.58. The molecule has 0 amide bonds. The van der Waals surface area contributed by atoms with Crippen molar-refractivity contribution in [1.29, 1.82) is 10.5 Å². The lowest BCUT2D eigenvalue weighted by Crippen LogP contribution is -2.62. The van der Waals surface area contributed by atoms with Gasteiger partial charge in [0.15, 0.2) is 5.92 Å². The summed E-state index contributed by atoms with van der Waals surface area (Å²) in [6.45, 7) is 2.88. The van der Waals surface area contributed by atoms with Crippen molar-refractivity contribution in [2.24, 2.45) is 5.92 Å². The Bertz CT molecular complexity index is 704. The van der Waals surface area contributed by atoms with Crippen LogP contribution in [0.3, 0.4) is 0 Å². The normalized spacial score (nSPS) is 25.2. The quantitative estimate of drug-likeness (QED) is 0.480. The third kappa shape index (κ3) is 5.65. The van der Waals surface area contributed by atoms with Crippen LogP contribution in [0, 0.1) is 34.4 Å². The smallest absolute Gasteiger partial charge is 0.161 e. The lowest BCUT2D eigenvalue weighted by Gasteiger charge is -2.49. The molecule has 3 unspecified atom stereocenters. The molecule has 2 N–H and O–H groups in total. The van der Waals surface area contributed by atoms with Gasteiger partial charge in [-0.15, -0.1) is 0 Å². The first-order chi connectivity index (χ1) is 14.1. The summed E-state index contributed by atoms with van der Waals surface area (Å²) in [4.78, 5) is 2.50. The number of hydrogen-bond donors (Lipinski definition) is 2. The van der Waals surface area contributed by atoms with Crippen LogP contribution in [0.4, 0.5) is 4.39 Å². The van der Waals surface area contributed by atoms with Crippen molar-refractivity contribution in [2.45, 2.75) is 43.6 Å². The first kappa shape index (κ1) is 21.5. The Morgan fingerprint density at radius 3 is 2.45 bits per heavy atom. The van der Waals surface area contributed by atoms with Crippen molar-refractivity contribution < 1.29 is 13.9 Å². The van der Waals surface area contributed by atoms with E-state index in [1.54, 1.807) is 19.2 Å². The van der Waals surface area contributed by atoms with Gasteiger partial charge in [0.05, 0.1) is 38.1 Å². The van der Waals surface area contributed by atoms with Crippen LogP contribution in [0.5, 0.6) is 5.75 Å². The number of nitriles is 2. The van der Waals surface area contributed by atoms with E-state index in [4.69, 9.17) is 20.0 Å². The molecule has 7 nitrogen and oxygen atoms in total. The van der Waals surface area contributed by atoms with Gasteiger partial charge in [0, 0.05) is 24.7 Å². The molecule has 3 atom stereocenters. The van der Waals surface area contributed by atoms with Crippen LogP contribution in [-0.2, 0) is 4.74 Å². The number of nitrogens with one attached hydrogen (secondary N) is 2. The van der Waals surface area contributed by atoms with Gasteiger partial charge in [0.2, 0.25) is 0 Å². The van der Waals surface area contributed by atoms with Crippen molar-refractivity contribution in [3.05, 3.63) is 30.1 Å². The average molecular weight is 401 g/mol. The molecule has 0 aliphatic carbocycles. The lowest BCUT2D eigenvalue weighted by molar-refractivity contribution is -0.0831. The molecule has 8 heteroatoms. The van der Waals surface area contributed by atoms with Crippen LogP contribution in [0.15, 0.2) is 24.3 Å². The fraction of sp³-hybridized carbons (Fsp3) is 0.619. The van der Waals surface area contributed by atoms with E-state index in [2.05, 4.69) is 15.5 Å². The van der Waals surface area contributed by atoms with Crippen molar-refractivity contribution in [1.82, 2.24) is 15.5 Å². The van der Waals surface area contributed by atoms with Gasteiger partial charge in [0.1, 0.15) is 11.6 Å². The predicted octanol–water partition coefficient (Wildman–Crippen LogP) is 1.62. The van der Waals surface area contributed by atoms with Gasteiger partial charge in [-0.25, -0.2) is 4.39 Å². The predicted molar refractivity (Wildman–Crippen MR) is 105 cm³/mol. The van der Waals surface area contributed by atoms with E-state index in [0.29, 0.717) is 37.7 Å². The van der Waals surface area contributed by atoms with Crippen LogP contribution < -0.4 is 15.4 Å². The summed E-state index contributed by atoms with van der Waals surface area (Å²) in [5, 5.41) is 24.8. The third-order valence-electron chi connectivity index (χ3n) is 5.65. The minimum absolute atomic E-state index is 0.238. The largest absolute Gasteiger partial charge is 0.494 e. The Morgan fingerprint density at radius 2 is 1.86 bits per heavy atom. The third-order valence-corrected chi connectivity index (χ3v) is 5.65. The van der Waals surface area contributed by atoms with E-state index in [1.807, 2.05) is 12.1 Å². The highest BCUT2D eigenvalue weighted by molar-refractivity contribution is 5.21. The Balaban J connectivity index is 1.48. The molecule has 1 aromatic rings. The summed E-state index contributed by atoms with van der Waals surface area (Å²) in [6, 6.07) is 11.0. The Kier molecular flexibility index (Phi) is 7.79. The number of fused-ring (bicyclic) bond motifs is 2. The molecule has 3 rings (SSSR count). The number of morpholine rings is 1. The minimum atomic E-state index is -0.724. The molecule has 0 saturated carbocycles. The second kappa shape index (κ2) is 10.5. The summed E-state index contributed by atoms with van der Waals surface area (Å²) >= 11 is 0. The molecular weight excluding hydrogens is 373 g/mol. The standard InChI is InChI=1S/C21H28FN5O2/c1-25-21(15(11-23)12-24)26-17-9-18-13-28-14-19(10-17)27(18)7-2-8-29-20-5-3-16(22)4-6-20/h3-6,15,17-19,21,25-26H,2,7-10,13-14H2,1H3. The molecule has 0 spiro atoms. The monoisotopic (exact) mass is 401 g/mol. The summed E-state index contributed by atoms with van der Waals surface area (Å²) in [5.41, 5.74) is 0. The fourth-order valence-electron chi connectivity index (χ4n) is 4.24. The number of hydrogen-bond acceptors (Lipinski definition) is 7.